The summed E-state index contributed by atoms with van der Waals surface area (Å²) in [5.41, 5.74) is 3.49. The number of rotatable bonds is 5. The number of pyridine rings is 1. The van der Waals surface area contributed by atoms with E-state index >= 15 is 0 Å². The average Bonchev–Trinajstić information content (AvgIpc) is 3.18. The van der Waals surface area contributed by atoms with Crippen LogP contribution in [0.5, 0.6) is 0 Å². The van der Waals surface area contributed by atoms with E-state index in [0.29, 0.717) is 18.3 Å². The molecule has 2 aromatic heterocycles. The molecular formula is C20H23N5O. The smallest absolute Gasteiger partial charge is 0.241 e. The summed E-state index contributed by atoms with van der Waals surface area (Å²) in [4.78, 5) is 11.2. The highest BCUT2D eigenvalue weighted by atomic mass is 16.5. The highest BCUT2D eigenvalue weighted by Gasteiger charge is 2.25. The minimum Gasteiger partial charge on any atom is -0.338 e. The van der Waals surface area contributed by atoms with Crippen molar-refractivity contribution in [2.24, 2.45) is 0 Å². The quantitative estimate of drug-likeness (QED) is 0.764. The zero-order valence-corrected chi connectivity index (χ0v) is 14.9. The Morgan fingerprint density at radius 3 is 2.88 bits per heavy atom. The molecule has 6 nitrogen and oxygen atoms in total. The van der Waals surface area contributed by atoms with Gasteiger partial charge < -0.3 is 9.84 Å². The normalized spacial score (nSPS) is 18.1. The predicted molar refractivity (Wildman–Crippen MR) is 99.4 cm³/mol. The van der Waals surface area contributed by atoms with Gasteiger partial charge in [0.05, 0.1) is 6.54 Å². The van der Waals surface area contributed by atoms with Crippen molar-refractivity contribution in [3.63, 3.8) is 0 Å². The Kier molecular flexibility index (Phi) is 5.04. The summed E-state index contributed by atoms with van der Waals surface area (Å²) >= 11 is 0. The van der Waals surface area contributed by atoms with Crippen LogP contribution in [0.1, 0.15) is 30.0 Å². The first-order chi connectivity index (χ1) is 12.8. The summed E-state index contributed by atoms with van der Waals surface area (Å²) in [6.07, 6.45) is 4.76. The second kappa shape index (κ2) is 7.76. The number of nitrogens with one attached hydrogen (secondary N) is 1. The molecule has 4 rings (SSSR count). The lowest BCUT2D eigenvalue weighted by molar-refractivity contribution is 0.135. The summed E-state index contributed by atoms with van der Waals surface area (Å²) < 4.78 is 5.52. The number of piperazine rings is 1. The van der Waals surface area contributed by atoms with Gasteiger partial charge in [0, 0.05) is 43.6 Å². The topological polar surface area (TPSA) is 67.1 Å². The monoisotopic (exact) mass is 349 g/mol. The fourth-order valence-electron chi connectivity index (χ4n) is 3.34. The number of hydrogen-bond acceptors (Lipinski definition) is 6. The number of benzene rings is 1. The number of aryl methyl sites for hydroxylation is 1. The molecule has 1 fully saturated rings. The number of hydrogen-bond donors (Lipinski definition) is 1. The Morgan fingerprint density at radius 1 is 1.23 bits per heavy atom. The zero-order chi connectivity index (χ0) is 17.8. The number of nitrogens with zero attached hydrogens (tertiary/aromatic N) is 4. The predicted octanol–water partition coefficient (Wildman–Crippen LogP) is 2.84. The van der Waals surface area contributed by atoms with E-state index in [2.05, 4.69) is 62.6 Å². The summed E-state index contributed by atoms with van der Waals surface area (Å²) in [6, 6.07) is 12.7. The van der Waals surface area contributed by atoms with Crippen molar-refractivity contribution in [2.45, 2.75) is 25.9 Å². The first-order valence-corrected chi connectivity index (χ1v) is 9.10. The van der Waals surface area contributed by atoms with Gasteiger partial charge in [-0.25, -0.2) is 0 Å². The fourth-order valence-corrected chi connectivity index (χ4v) is 3.34. The Labute approximate surface area is 153 Å². The van der Waals surface area contributed by atoms with Gasteiger partial charge in [0.2, 0.25) is 11.7 Å². The van der Waals surface area contributed by atoms with Gasteiger partial charge >= 0.3 is 0 Å². The molecule has 1 aliphatic rings. The average molecular weight is 349 g/mol. The molecule has 1 saturated heterocycles. The Bertz CT molecular complexity index is 831. The second-order valence-corrected chi connectivity index (χ2v) is 6.54. The van der Waals surface area contributed by atoms with Crippen LogP contribution in [0.2, 0.25) is 0 Å². The molecule has 0 spiro atoms. The van der Waals surface area contributed by atoms with E-state index in [4.69, 9.17) is 4.52 Å². The summed E-state index contributed by atoms with van der Waals surface area (Å²) in [5, 5.41) is 7.62. The molecule has 6 heteroatoms. The highest BCUT2D eigenvalue weighted by Crippen LogP contribution is 2.24. The molecule has 134 valence electrons. The van der Waals surface area contributed by atoms with Crippen LogP contribution >= 0.6 is 0 Å². The van der Waals surface area contributed by atoms with Gasteiger partial charge in [-0.2, -0.15) is 4.98 Å². The van der Waals surface area contributed by atoms with E-state index in [9.17, 15) is 0 Å². The maximum atomic E-state index is 5.52. The molecule has 1 N–H and O–H groups in total. The van der Waals surface area contributed by atoms with Crippen LogP contribution in [0.25, 0.3) is 11.4 Å². The lowest BCUT2D eigenvalue weighted by atomic mass is 10.1. The summed E-state index contributed by atoms with van der Waals surface area (Å²) in [5.74, 6) is 1.30. The Morgan fingerprint density at radius 2 is 2.12 bits per heavy atom. The van der Waals surface area contributed by atoms with E-state index in [-0.39, 0.29) is 6.04 Å². The SMILES string of the molecule is CCc1ccc(-c2noc(CN3CCNCC3c3cccnc3)n2)cc1. The molecule has 0 saturated carbocycles. The third-order valence-electron chi connectivity index (χ3n) is 4.85. The highest BCUT2D eigenvalue weighted by molar-refractivity contribution is 5.54. The molecule has 3 aromatic rings. The van der Waals surface area contributed by atoms with Crippen LogP contribution < -0.4 is 5.32 Å². The molecule has 0 radical (unpaired) electrons. The molecule has 1 unspecified atom stereocenters. The van der Waals surface area contributed by atoms with E-state index in [1.54, 1.807) is 6.20 Å². The largest absolute Gasteiger partial charge is 0.338 e. The first-order valence-electron chi connectivity index (χ1n) is 9.10. The van der Waals surface area contributed by atoms with E-state index < -0.39 is 0 Å². The van der Waals surface area contributed by atoms with Gasteiger partial charge in [-0.1, -0.05) is 42.4 Å². The maximum Gasteiger partial charge on any atom is 0.241 e. The van der Waals surface area contributed by atoms with Crippen LogP contribution in [0.4, 0.5) is 0 Å². The maximum absolute atomic E-state index is 5.52. The number of aromatic nitrogens is 3. The van der Waals surface area contributed by atoms with Crippen LogP contribution in [-0.2, 0) is 13.0 Å². The van der Waals surface area contributed by atoms with E-state index in [1.165, 1.54) is 11.1 Å². The van der Waals surface area contributed by atoms with Gasteiger partial charge in [0.15, 0.2) is 0 Å². The second-order valence-electron chi connectivity index (χ2n) is 6.54. The fraction of sp³-hybridized carbons (Fsp3) is 0.350. The van der Waals surface area contributed by atoms with Gasteiger partial charge in [-0.15, -0.1) is 0 Å². The molecule has 3 heterocycles. The standard InChI is InChI=1S/C20H23N5O/c1-2-15-5-7-16(8-6-15)20-23-19(26-24-20)14-25-11-10-22-13-18(25)17-4-3-9-21-12-17/h3-9,12,18,22H,2,10-11,13-14H2,1H3. The lowest BCUT2D eigenvalue weighted by Crippen LogP contribution is -2.45. The van der Waals surface area contributed by atoms with Gasteiger partial charge in [0.25, 0.3) is 0 Å². The Hall–Kier alpha value is -2.57. The third kappa shape index (κ3) is 3.66. The molecule has 26 heavy (non-hydrogen) atoms. The van der Waals surface area contributed by atoms with Crippen molar-refractivity contribution < 1.29 is 4.52 Å². The molecule has 1 aliphatic heterocycles. The van der Waals surface area contributed by atoms with E-state index in [1.807, 2.05) is 12.3 Å². The van der Waals surface area contributed by atoms with Crippen LogP contribution in [-0.4, -0.2) is 39.7 Å². The molecule has 0 aliphatic carbocycles. The molecule has 0 bridgehead atoms. The van der Waals surface area contributed by atoms with Crippen molar-refractivity contribution in [1.29, 1.82) is 0 Å². The van der Waals surface area contributed by atoms with Crippen molar-refractivity contribution in [3.8, 4) is 11.4 Å². The summed E-state index contributed by atoms with van der Waals surface area (Å²) in [6.45, 7) is 5.57. The lowest BCUT2D eigenvalue weighted by Gasteiger charge is -2.35. The van der Waals surface area contributed by atoms with E-state index in [0.717, 1.165) is 31.6 Å². The van der Waals surface area contributed by atoms with Crippen LogP contribution in [0.15, 0.2) is 53.3 Å². The summed E-state index contributed by atoms with van der Waals surface area (Å²) in [7, 11) is 0. The van der Waals surface area contributed by atoms with Gasteiger partial charge in [0.1, 0.15) is 0 Å². The molecule has 1 aromatic carbocycles. The molecule has 1 atom stereocenters. The van der Waals surface area contributed by atoms with Crippen molar-refractivity contribution >= 4 is 0 Å². The van der Waals surface area contributed by atoms with Gasteiger partial charge in [-0.05, 0) is 23.6 Å². The third-order valence-corrected chi connectivity index (χ3v) is 4.85. The van der Waals surface area contributed by atoms with Crippen LogP contribution in [0, 0.1) is 0 Å². The minimum atomic E-state index is 0.261. The van der Waals surface area contributed by atoms with Crippen molar-refractivity contribution in [3.05, 3.63) is 65.8 Å². The van der Waals surface area contributed by atoms with Crippen molar-refractivity contribution in [2.75, 3.05) is 19.6 Å². The Balaban J connectivity index is 1.50. The van der Waals surface area contributed by atoms with Gasteiger partial charge in [-0.3, -0.25) is 9.88 Å². The minimum absolute atomic E-state index is 0.261. The molecular weight excluding hydrogens is 326 g/mol. The molecule has 0 amide bonds. The van der Waals surface area contributed by atoms with Crippen molar-refractivity contribution in [1.82, 2.24) is 25.3 Å². The first kappa shape index (κ1) is 16.9. The van der Waals surface area contributed by atoms with Crippen LogP contribution in [0.3, 0.4) is 0 Å². The zero-order valence-electron chi connectivity index (χ0n) is 14.9.